The number of para-hydroxylation sites is 1. The maximum Gasteiger partial charge on any atom is 0.406 e. The average molecular weight is 1320 g/mol. The van der Waals surface area contributed by atoms with Gasteiger partial charge in [0.25, 0.3) is 46.8 Å². The first-order chi connectivity index (χ1) is 45.5. The lowest BCUT2D eigenvalue weighted by Crippen LogP contribution is -2.31. The lowest BCUT2D eigenvalue weighted by atomic mass is 9.89. The van der Waals surface area contributed by atoms with Crippen LogP contribution in [0.25, 0.3) is 11.0 Å². The number of rotatable bonds is 25. The van der Waals surface area contributed by atoms with Crippen LogP contribution >= 0.6 is 0 Å². The number of fused-ring (bicyclic) bond motifs is 1. The minimum Gasteiger partial charge on any atom is -0.433 e. The van der Waals surface area contributed by atoms with Crippen LogP contribution in [0.2, 0.25) is 13.6 Å². The van der Waals surface area contributed by atoms with Crippen molar-refractivity contribution in [2.75, 3.05) is 52.6 Å². The number of nitro groups is 2. The maximum atomic E-state index is 12.8. The molecule has 8 heterocycles. The van der Waals surface area contributed by atoms with Crippen molar-refractivity contribution in [1.82, 2.24) is 68.4 Å². The van der Waals surface area contributed by atoms with Crippen LogP contribution < -0.4 is 52.5 Å². The Morgan fingerprint density at radius 2 is 0.802 bits per heavy atom. The molecule has 0 saturated heterocycles. The molecule has 0 aliphatic carbocycles. The first-order valence-electron chi connectivity index (χ1n) is 29.1. The van der Waals surface area contributed by atoms with Gasteiger partial charge in [-0.2, -0.15) is 0 Å². The van der Waals surface area contributed by atoms with Gasteiger partial charge >= 0.3 is 20.1 Å². The molecule has 0 saturated carbocycles. The molecule has 36 nitrogen and oxygen atoms in total. The van der Waals surface area contributed by atoms with Crippen LogP contribution in [0.15, 0.2) is 110 Å². The molecule has 96 heavy (non-hydrogen) atoms. The molecule has 7 amide bonds. The zero-order valence-corrected chi connectivity index (χ0v) is 53.4. The number of benzene rings is 1. The van der Waals surface area contributed by atoms with Gasteiger partial charge in [-0.05, 0) is 74.2 Å². The van der Waals surface area contributed by atoms with Crippen molar-refractivity contribution < 1.29 is 63.1 Å². The van der Waals surface area contributed by atoms with E-state index in [1.807, 2.05) is 12.1 Å². The largest absolute Gasteiger partial charge is 0.433 e. The van der Waals surface area contributed by atoms with Gasteiger partial charge in [-0.3, -0.25) is 53.8 Å². The van der Waals surface area contributed by atoms with Crippen molar-refractivity contribution in [3.8, 4) is 0 Å². The van der Waals surface area contributed by atoms with Gasteiger partial charge in [0.05, 0.1) is 39.3 Å². The SMILES string of the molecule is CB(O)Nc1cc(C(=O)On2nnc3ccccc32)n(C)c1.Cn1cc([N+](=O)[O-])cc1C(=O)NCCCNC(=O)c1cc([N+](=O)[O-])cn1C.[B]C(=O)Nc1cc(C(=O)Nc2cc(C(=O)NCCCNC(=O)c3cc(NC(=O)c4cc(NB(C)O)cn4C)cn3C)n(C)c2)n(C)c1. The monoisotopic (exact) mass is 1320 g/mol. The van der Waals surface area contributed by atoms with Crippen LogP contribution in [0.1, 0.15) is 86.3 Å². The fourth-order valence-corrected chi connectivity index (χ4v) is 9.44. The molecule has 8 aromatic heterocycles. The Kier molecular flexibility index (Phi) is 23.7. The Morgan fingerprint density at radius 1 is 0.479 bits per heavy atom. The highest BCUT2D eigenvalue weighted by atomic mass is 16.7. The van der Waals surface area contributed by atoms with E-state index in [1.54, 1.807) is 128 Å². The van der Waals surface area contributed by atoms with Gasteiger partial charge in [-0.15, -0.1) is 5.10 Å². The van der Waals surface area contributed by atoms with Gasteiger partial charge in [-0.25, -0.2) is 4.79 Å². The fraction of sp³-hybridized carbons (Fsp3) is 0.263. The molecular formula is C57H68B3N21O15. The van der Waals surface area contributed by atoms with E-state index in [9.17, 15) is 68.6 Å². The van der Waals surface area contributed by atoms with Gasteiger partial charge in [0, 0.05) is 130 Å². The molecule has 1 aromatic carbocycles. The first-order valence-corrected chi connectivity index (χ1v) is 29.1. The second kappa shape index (κ2) is 31.9. The summed E-state index contributed by atoms with van der Waals surface area (Å²) in [4.78, 5) is 125. The zero-order valence-electron chi connectivity index (χ0n) is 53.4. The molecule has 0 aliphatic rings. The second-order valence-electron chi connectivity index (χ2n) is 21.6. The Balaban J connectivity index is 0.000000223. The lowest BCUT2D eigenvalue weighted by Gasteiger charge is -2.08. The van der Waals surface area contributed by atoms with Crippen molar-refractivity contribution in [3.63, 3.8) is 0 Å². The molecule has 9 rings (SSSR count). The van der Waals surface area contributed by atoms with Crippen LogP contribution in [-0.4, -0.2) is 162 Å². The van der Waals surface area contributed by atoms with Crippen LogP contribution in [0, 0.1) is 20.2 Å². The number of carbonyl (C=O) groups is 8. The Labute approximate surface area is 548 Å². The predicted molar refractivity (Wildman–Crippen MR) is 354 cm³/mol. The summed E-state index contributed by atoms with van der Waals surface area (Å²) in [5, 5.41) is 72.3. The van der Waals surface area contributed by atoms with Gasteiger partial charge in [0.2, 0.25) is 7.85 Å². The Morgan fingerprint density at radius 3 is 1.18 bits per heavy atom. The normalized spacial score (nSPS) is 10.6. The molecule has 9 aromatic rings. The molecule has 0 fully saturated rings. The summed E-state index contributed by atoms with van der Waals surface area (Å²) in [5.41, 5.74) is 5.24. The van der Waals surface area contributed by atoms with E-state index >= 15 is 0 Å². The zero-order chi connectivity index (χ0) is 70.2. The number of amides is 7. The smallest absolute Gasteiger partial charge is 0.406 e. The van der Waals surface area contributed by atoms with Crippen LogP contribution in [0.4, 0.5) is 44.6 Å². The average Bonchev–Trinajstić information content (AvgIpc) is 1.70. The van der Waals surface area contributed by atoms with E-state index < -0.39 is 53.4 Å². The quantitative estimate of drug-likeness (QED) is 0.0129. The highest BCUT2D eigenvalue weighted by Gasteiger charge is 2.23. The number of hydrogen-bond acceptors (Lipinski definition) is 19. The summed E-state index contributed by atoms with van der Waals surface area (Å²) in [6, 6.07) is 17.3. The van der Waals surface area contributed by atoms with Gasteiger partial charge in [0.1, 0.15) is 50.9 Å². The summed E-state index contributed by atoms with van der Waals surface area (Å²) in [6.45, 7) is 4.21. The second-order valence-corrected chi connectivity index (χ2v) is 21.6. The van der Waals surface area contributed by atoms with E-state index in [0.717, 1.165) is 4.85 Å². The van der Waals surface area contributed by atoms with Crippen molar-refractivity contribution in [3.05, 3.63) is 170 Å². The van der Waals surface area contributed by atoms with E-state index in [2.05, 4.69) is 58.0 Å². The highest BCUT2D eigenvalue weighted by Crippen LogP contribution is 2.22. The van der Waals surface area contributed by atoms with Gasteiger partial charge in [-0.1, -0.05) is 17.0 Å². The van der Waals surface area contributed by atoms with Crippen LogP contribution in [-0.2, 0) is 49.3 Å². The number of nitrogens with one attached hydrogen (secondary N) is 9. The first kappa shape index (κ1) is 71.3. The van der Waals surface area contributed by atoms with Crippen molar-refractivity contribution in [2.45, 2.75) is 26.5 Å². The molecule has 0 aliphatic heterocycles. The summed E-state index contributed by atoms with van der Waals surface area (Å²) in [5.74, 6) is -3.77. The molecule has 500 valence electrons. The summed E-state index contributed by atoms with van der Waals surface area (Å²) >= 11 is 0. The summed E-state index contributed by atoms with van der Waals surface area (Å²) < 4.78 is 10.6. The van der Waals surface area contributed by atoms with E-state index in [4.69, 9.17) is 12.7 Å². The number of aromatic nitrogens is 10. The number of aryl methyl sites for hydroxylation is 7. The van der Waals surface area contributed by atoms with E-state index in [0.29, 0.717) is 75.1 Å². The Hall–Kier alpha value is -12.1. The number of anilines is 5. The molecule has 0 spiro atoms. The van der Waals surface area contributed by atoms with Gasteiger partial charge in [0.15, 0.2) is 5.81 Å². The lowest BCUT2D eigenvalue weighted by molar-refractivity contribution is -0.385. The predicted octanol–water partition coefficient (Wildman–Crippen LogP) is 2.61. The molecule has 39 heteroatoms. The molecular weight excluding hydrogens is 1250 g/mol. The minimum absolute atomic E-state index is 0.154. The third kappa shape index (κ3) is 19.0. The number of hydrogen-bond donors (Lipinski definition) is 11. The number of carbonyl (C=O) groups excluding carboxylic acids is 8. The highest BCUT2D eigenvalue weighted by molar-refractivity contribution is 6.60. The van der Waals surface area contributed by atoms with E-state index in [-0.39, 0.29) is 72.4 Å². The molecule has 0 atom stereocenters. The third-order valence-corrected chi connectivity index (χ3v) is 13.9. The van der Waals surface area contributed by atoms with Crippen LogP contribution in [0.3, 0.4) is 0 Å². The van der Waals surface area contributed by atoms with Crippen molar-refractivity contribution in [2.24, 2.45) is 49.3 Å². The van der Waals surface area contributed by atoms with Crippen LogP contribution in [0.5, 0.6) is 0 Å². The molecule has 0 bridgehead atoms. The fourth-order valence-electron chi connectivity index (χ4n) is 9.44. The van der Waals surface area contributed by atoms with Crippen molar-refractivity contribution >= 4 is 120 Å². The number of nitrogens with zero attached hydrogens (tertiary/aromatic N) is 12. The minimum atomic E-state index is -0.774. The van der Waals surface area contributed by atoms with E-state index in [1.165, 1.54) is 64.5 Å². The molecule has 2 radical (unpaired) electrons. The summed E-state index contributed by atoms with van der Waals surface area (Å²) in [7, 11) is 15.1. The third-order valence-electron chi connectivity index (χ3n) is 13.9. The maximum absolute atomic E-state index is 12.8. The standard InChI is InChI=1S/C29H36B2N10O6.C15H18N6O6.C13H14BN5O3/c1-31(47)37-20-12-24(41(5)16-20)28(45)35-18-10-22(39(3)14-18)26(43)33-8-6-7-32-25(42)21-9-17(13-38(21)2)34-27(44)23-11-19(15-40(23)4)36-29(30)46;1-18-8-10(20(24)25)6-12(18)14(22)16-4-3-5-17-15(23)13-7-11(21(26)27)9-19(13)2;1-14(21)15-9-7-12(18(2)8-9)13(20)22-19-11-6-4-3-5-10(11)16-17-19/h9-16,37,47H,6-8H2,1-5H3,(H,32,42)(H,33,43)(H,34,44)(H,35,45)(H,36,46);6-9H,3-5H2,1-2H3,(H,16,22)(H,17,23);3-8,15,21H,1-2H3. The Bertz CT molecular complexity index is 4300. The molecule has 11 N–H and O–H groups in total. The topological polar surface area (TPSA) is 446 Å². The molecule has 0 unspecified atom stereocenters. The van der Waals surface area contributed by atoms with Gasteiger partial charge < -0.3 is 94.5 Å². The van der Waals surface area contributed by atoms with Crippen molar-refractivity contribution in [1.29, 1.82) is 0 Å². The summed E-state index contributed by atoms with van der Waals surface area (Å²) in [6.07, 6.45) is 11.5.